The van der Waals surface area contributed by atoms with Crippen molar-refractivity contribution in [3.63, 3.8) is 0 Å². The molecule has 0 saturated carbocycles. The van der Waals surface area contributed by atoms with Crippen molar-refractivity contribution in [1.82, 2.24) is 5.32 Å². The van der Waals surface area contributed by atoms with Crippen molar-refractivity contribution in [1.29, 1.82) is 0 Å². The van der Waals surface area contributed by atoms with E-state index >= 15 is 0 Å². The van der Waals surface area contributed by atoms with Crippen molar-refractivity contribution in [3.8, 4) is 23.0 Å². The van der Waals surface area contributed by atoms with E-state index in [9.17, 15) is 0 Å². The Morgan fingerprint density at radius 1 is 1.00 bits per heavy atom. The van der Waals surface area contributed by atoms with Gasteiger partial charge in [0.2, 0.25) is 0 Å². The molecule has 7 nitrogen and oxygen atoms in total. The van der Waals surface area contributed by atoms with Crippen LogP contribution in [0.1, 0.15) is 13.8 Å². The predicted molar refractivity (Wildman–Crippen MR) is 128 cm³/mol. The fraction of sp³-hybridized carbons (Fsp3) is 0.381. The molecule has 1 atom stereocenters. The molecule has 0 radical (unpaired) electrons. The van der Waals surface area contributed by atoms with Gasteiger partial charge in [-0.1, -0.05) is 12.1 Å². The Morgan fingerprint density at radius 2 is 1.66 bits per heavy atom. The van der Waals surface area contributed by atoms with Crippen LogP contribution in [0, 0.1) is 0 Å². The fourth-order valence-electron chi connectivity index (χ4n) is 2.55. The van der Waals surface area contributed by atoms with Crippen LogP contribution in [-0.4, -0.2) is 46.5 Å². The molecule has 0 aliphatic rings. The highest BCUT2D eigenvalue weighted by molar-refractivity contribution is 14.0. The molecule has 0 bridgehead atoms. The Labute approximate surface area is 189 Å². The number of hydrogen-bond acceptors (Lipinski definition) is 5. The topological polar surface area (TPSA) is 73.3 Å². The fourth-order valence-corrected chi connectivity index (χ4v) is 2.55. The molecule has 2 aromatic rings. The number of ether oxygens (including phenoxy) is 4. The highest BCUT2D eigenvalue weighted by Crippen LogP contribution is 2.30. The van der Waals surface area contributed by atoms with Crippen molar-refractivity contribution >= 4 is 35.6 Å². The van der Waals surface area contributed by atoms with Crippen molar-refractivity contribution in [3.05, 3.63) is 42.5 Å². The molecule has 0 saturated heterocycles. The molecular weight excluding hydrogens is 485 g/mol. The van der Waals surface area contributed by atoms with Crippen molar-refractivity contribution in [2.45, 2.75) is 20.0 Å². The van der Waals surface area contributed by atoms with E-state index < -0.39 is 0 Å². The quantitative estimate of drug-likeness (QED) is 0.297. The van der Waals surface area contributed by atoms with Gasteiger partial charge in [-0.3, -0.25) is 4.99 Å². The summed E-state index contributed by atoms with van der Waals surface area (Å²) in [6.45, 7) is 5.03. The van der Waals surface area contributed by atoms with Crippen LogP contribution in [0.15, 0.2) is 47.5 Å². The zero-order chi connectivity index (χ0) is 20.4. The monoisotopic (exact) mass is 515 g/mol. The highest BCUT2D eigenvalue weighted by atomic mass is 127. The summed E-state index contributed by atoms with van der Waals surface area (Å²) in [6.07, 6.45) is -0.0929. The predicted octanol–water partition coefficient (Wildman–Crippen LogP) is 4.18. The lowest BCUT2D eigenvalue weighted by Gasteiger charge is -2.19. The maximum Gasteiger partial charge on any atom is 0.195 e. The van der Waals surface area contributed by atoms with Crippen LogP contribution < -0.4 is 29.6 Å². The van der Waals surface area contributed by atoms with E-state index in [4.69, 9.17) is 18.9 Å². The minimum atomic E-state index is -0.0929. The minimum absolute atomic E-state index is 0. The van der Waals surface area contributed by atoms with E-state index in [-0.39, 0.29) is 30.1 Å². The summed E-state index contributed by atoms with van der Waals surface area (Å²) in [6, 6.07) is 13.2. The number of guanidine groups is 1. The third-order valence-electron chi connectivity index (χ3n) is 3.90. The van der Waals surface area contributed by atoms with Gasteiger partial charge in [0.25, 0.3) is 0 Å². The van der Waals surface area contributed by atoms with Crippen LogP contribution in [0.5, 0.6) is 23.0 Å². The lowest BCUT2D eigenvalue weighted by Crippen LogP contribution is -2.37. The molecule has 0 aliphatic carbocycles. The molecule has 1 unspecified atom stereocenters. The molecule has 29 heavy (non-hydrogen) atoms. The van der Waals surface area contributed by atoms with Crippen LogP contribution in [0.25, 0.3) is 0 Å². The maximum atomic E-state index is 5.96. The first-order chi connectivity index (χ1) is 13.6. The van der Waals surface area contributed by atoms with Crippen molar-refractivity contribution in [2.75, 3.05) is 39.7 Å². The lowest BCUT2D eigenvalue weighted by atomic mass is 10.2. The summed E-state index contributed by atoms with van der Waals surface area (Å²) in [5.74, 6) is 3.41. The standard InChI is InChI=1S/C21H29N3O4.HI/c1-6-27-20-13-16(11-12-18(20)26-5)24-21(22-3)23-14-15(2)28-19-10-8-7-9-17(19)25-4;/h7-13,15H,6,14H2,1-5H3,(H2,22,23,24);1H. The molecule has 0 aliphatic heterocycles. The van der Waals surface area contributed by atoms with E-state index in [0.717, 1.165) is 5.69 Å². The van der Waals surface area contributed by atoms with Gasteiger partial charge in [-0.15, -0.1) is 24.0 Å². The third kappa shape index (κ3) is 7.52. The number of benzene rings is 2. The number of hydrogen-bond donors (Lipinski definition) is 2. The number of nitrogens with one attached hydrogen (secondary N) is 2. The molecule has 0 spiro atoms. The molecule has 8 heteroatoms. The number of aliphatic imine (C=N–C) groups is 1. The average Bonchev–Trinajstić information content (AvgIpc) is 2.72. The number of halogens is 1. The van der Waals surface area contributed by atoms with Gasteiger partial charge in [0.15, 0.2) is 29.0 Å². The highest BCUT2D eigenvalue weighted by Gasteiger charge is 2.11. The largest absolute Gasteiger partial charge is 0.493 e. The van der Waals surface area contributed by atoms with Crippen molar-refractivity contribution < 1.29 is 18.9 Å². The number of para-hydroxylation sites is 2. The second-order valence-corrected chi connectivity index (χ2v) is 5.96. The molecular formula is C21H30IN3O4. The Bertz CT molecular complexity index is 786. The summed E-state index contributed by atoms with van der Waals surface area (Å²) in [5.41, 5.74) is 0.843. The summed E-state index contributed by atoms with van der Waals surface area (Å²) >= 11 is 0. The zero-order valence-electron chi connectivity index (χ0n) is 17.5. The van der Waals surface area contributed by atoms with Gasteiger partial charge in [-0.05, 0) is 38.1 Å². The normalized spacial score (nSPS) is 11.7. The zero-order valence-corrected chi connectivity index (χ0v) is 19.9. The van der Waals surface area contributed by atoms with Gasteiger partial charge >= 0.3 is 0 Å². The Kier molecular flexibility index (Phi) is 11.0. The van der Waals surface area contributed by atoms with E-state index in [0.29, 0.717) is 42.1 Å². The van der Waals surface area contributed by atoms with E-state index in [1.165, 1.54) is 0 Å². The van der Waals surface area contributed by atoms with Crippen LogP contribution in [0.2, 0.25) is 0 Å². The van der Waals surface area contributed by atoms with Gasteiger partial charge < -0.3 is 29.6 Å². The Hall–Kier alpha value is -2.36. The molecule has 2 rings (SSSR count). The minimum Gasteiger partial charge on any atom is -0.493 e. The van der Waals surface area contributed by atoms with Gasteiger partial charge in [0, 0.05) is 18.8 Å². The first-order valence-electron chi connectivity index (χ1n) is 9.19. The van der Waals surface area contributed by atoms with Gasteiger partial charge in [0.1, 0.15) is 6.10 Å². The van der Waals surface area contributed by atoms with E-state index in [1.807, 2.05) is 56.3 Å². The van der Waals surface area contributed by atoms with Crippen LogP contribution >= 0.6 is 24.0 Å². The van der Waals surface area contributed by atoms with Crippen molar-refractivity contribution in [2.24, 2.45) is 4.99 Å². The maximum absolute atomic E-state index is 5.96. The molecule has 0 aromatic heterocycles. The Balaban J connectivity index is 0.00000420. The lowest BCUT2D eigenvalue weighted by molar-refractivity contribution is 0.214. The van der Waals surface area contributed by atoms with E-state index in [2.05, 4.69) is 15.6 Å². The van der Waals surface area contributed by atoms with Crippen LogP contribution in [0.3, 0.4) is 0 Å². The van der Waals surface area contributed by atoms with E-state index in [1.54, 1.807) is 21.3 Å². The summed E-state index contributed by atoms with van der Waals surface area (Å²) in [7, 11) is 4.96. The molecule has 2 aromatic carbocycles. The van der Waals surface area contributed by atoms with Crippen LogP contribution in [-0.2, 0) is 0 Å². The number of nitrogens with zero attached hydrogens (tertiary/aromatic N) is 1. The smallest absolute Gasteiger partial charge is 0.195 e. The first-order valence-corrected chi connectivity index (χ1v) is 9.19. The van der Waals surface area contributed by atoms with Crippen LogP contribution in [0.4, 0.5) is 5.69 Å². The summed E-state index contributed by atoms with van der Waals surface area (Å²) < 4.78 is 22.2. The second kappa shape index (κ2) is 13.0. The SMILES string of the molecule is CCOc1cc(NC(=NC)NCC(C)Oc2ccccc2OC)ccc1OC.I. The summed E-state index contributed by atoms with van der Waals surface area (Å²) in [5, 5.41) is 6.50. The molecule has 2 N–H and O–H groups in total. The molecule has 160 valence electrons. The third-order valence-corrected chi connectivity index (χ3v) is 3.90. The van der Waals surface area contributed by atoms with Gasteiger partial charge in [0.05, 0.1) is 27.4 Å². The average molecular weight is 515 g/mol. The first kappa shape index (κ1) is 24.7. The number of anilines is 1. The Morgan fingerprint density at radius 3 is 2.28 bits per heavy atom. The number of methoxy groups -OCH3 is 2. The number of rotatable bonds is 9. The summed E-state index contributed by atoms with van der Waals surface area (Å²) in [4.78, 5) is 4.26. The van der Waals surface area contributed by atoms with Gasteiger partial charge in [-0.2, -0.15) is 0 Å². The van der Waals surface area contributed by atoms with Gasteiger partial charge in [-0.25, -0.2) is 0 Å². The second-order valence-electron chi connectivity index (χ2n) is 5.96. The molecule has 0 heterocycles. The molecule has 0 amide bonds. The molecule has 0 fully saturated rings.